The van der Waals surface area contributed by atoms with E-state index in [0.29, 0.717) is 0 Å². The second-order valence-electron chi connectivity index (χ2n) is 29.4. The Bertz CT molecular complexity index is 4420. The van der Waals surface area contributed by atoms with Crippen molar-refractivity contribution in [3.05, 3.63) is 346 Å². The van der Waals surface area contributed by atoms with E-state index in [1.807, 2.05) is 0 Å². The van der Waals surface area contributed by atoms with Crippen LogP contribution in [0.15, 0.2) is 279 Å². The average Bonchev–Trinajstić information content (AvgIpc) is 1.11. The first-order chi connectivity index (χ1) is 43.2. The summed E-state index contributed by atoms with van der Waals surface area (Å²) in [5, 5.41) is 2.45. The number of anilines is 6. The van der Waals surface area contributed by atoms with Crippen molar-refractivity contribution in [3.8, 4) is 22.3 Å². The second kappa shape index (κ2) is 21.6. The van der Waals surface area contributed by atoms with Crippen LogP contribution in [0.5, 0.6) is 0 Å². The summed E-state index contributed by atoms with van der Waals surface area (Å²) in [6.45, 7) is 27.9. The van der Waals surface area contributed by atoms with Gasteiger partial charge in [-0.25, -0.2) is 0 Å². The van der Waals surface area contributed by atoms with Gasteiger partial charge >= 0.3 is 0 Å². The van der Waals surface area contributed by atoms with Gasteiger partial charge in [-0.2, -0.15) is 0 Å². The largest absolute Gasteiger partial charge is 0.310 e. The van der Waals surface area contributed by atoms with E-state index in [1.165, 1.54) is 99.8 Å². The molecule has 0 aliphatic heterocycles. The van der Waals surface area contributed by atoms with E-state index in [0.717, 1.165) is 34.1 Å². The molecule has 0 amide bonds. The average molecular weight is 1170 g/mol. The highest BCUT2D eigenvalue weighted by molar-refractivity contribution is 6.12. The molecule has 2 aliphatic carbocycles. The molecule has 0 radical (unpaired) electrons. The fraction of sp³-hybridized carbons (Fsp3) is 0.205. The number of benzene rings is 12. The number of fused-ring (bicyclic) bond motifs is 5. The van der Waals surface area contributed by atoms with Crippen LogP contribution in [-0.4, -0.2) is 0 Å². The maximum Gasteiger partial charge on any atom is 0.0714 e. The molecule has 0 saturated heterocycles. The normalized spacial score (nSPS) is 14.0. The molecule has 0 N–H and O–H groups in total. The predicted octanol–water partition coefficient (Wildman–Crippen LogP) is 23.7. The van der Waals surface area contributed by atoms with E-state index < -0.39 is 10.8 Å². The van der Waals surface area contributed by atoms with Gasteiger partial charge in [0.05, 0.1) is 16.5 Å². The lowest BCUT2D eigenvalue weighted by molar-refractivity contribution is 0.588. The second-order valence-corrected chi connectivity index (χ2v) is 29.4. The van der Waals surface area contributed by atoms with Gasteiger partial charge in [-0.05, 0) is 195 Å². The summed E-state index contributed by atoms with van der Waals surface area (Å²) in [5.41, 5.74) is 25.1. The summed E-state index contributed by atoms with van der Waals surface area (Å²) in [5.74, 6) is 0. The van der Waals surface area contributed by atoms with Crippen LogP contribution in [0.3, 0.4) is 0 Å². The van der Waals surface area contributed by atoms with Crippen molar-refractivity contribution >= 4 is 44.9 Å². The number of para-hydroxylation sites is 4. The molecule has 2 heteroatoms. The first-order valence-corrected chi connectivity index (χ1v) is 32.3. The van der Waals surface area contributed by atoms with Crippen molar-refractivity contribution in [2.45, 2.75) is 116 Å². The maximum absolute atomic E-state index is 2.67. The number of rotatable bonds is 10. The van der Waals surface area contributed by atoms with E-state index in [4.69, 9.17) is 0 Å². The minimum absolute atomic E-state index is 0.0509. The van der Waals surface area contributed by atoms with Gasteiger partial charge < -0.3 is 9.80 Å². The fourth-order valence-electron chi connectivity index (χ4n) is 14.9. The standard InChI is InChI=1S/C88H82N2/c1-83(2,3)59-36-44-63(45-37-59)87(64-46-38-60(39-47-64)84(4,5)6)77-35-25-34-74-81(90(69-30-21-15-22-31-69)70-32-23-16-24-33-70)55-54-73(82(74)77)76-58-79-75(57-80(76)87)72-53-52-71(89(67-26-17-13-18-27-67)68-28-19-14-20-29-68)56-78(72)88(79,65-48-40-61(41-49-65)85(7,8)9)66-50-42-62(43-51-66)86(10,11)12/h13-58H,1-12H3. The summed E-state index contributed by atoms with van der Waals surface area (Å²) in [4.78, 5) is 4.88. The molecule has 2 aliphatic rings. The molecule has 0 atom stereocenters. The van der Waals surface area contributed by atoms with E-state index in [1.54, 1.807) is 0 Å². The van der Waals surface area contributed by atoms with Gasteiger partial charge in [-0.1, -0.05) is 283 Å². The Hall–Kier alpha value is -9.50. The SMILES string of the molecule is CC(C)(C)c1ccc(C2(c3ccc(C(C)(C)C)cc3)c3cc(N(c4ccccc4)c4ccccc4)ccc3-c3cc4c(cc32)-c2ccc(N(c3ccccc3)c3ccccc3)c3cccc(c23)C4(c2ccc(C(C)(C)C)cc2)c2ccc(C(C)(C)C)cc2)cc1. The zero-order chi connectivity index (χ0) is 62.5. The van der Waals surface area contributed by atoms with Gasteiger partial charge in [-0.15, -0.1) is 0 Å². The Morgan fingerprint density at radius 1 is 0.233 bits per heavy atom. The number of hydrogen-bond donors (Lipinski definition) is 0. The van der Waals surface area contributed by atoms with Crippen LogP contribution in [0.2, 0.25) is 0 Å². The molecule has 12 aromatic rings. The smallest absolute Gasteiger partial charge is 0.0714 e. The Morgan fingerprint density at radius 2 is 0.556 bits per heavy atom. The van der Waals surface area contributed by atoms with Crippen LogP contribution < -0.4 is 9.80 Å². The molecule has 0 spiro atoms. The summed E-state index contributed by atoms with van der Waals surface area (Å²) >= 11 is 0. The first kappa shape index (κ1) is 58.2. The highest BCUT2D eigenvalue weighted by Crippen LogP contribution is 2.64. The van der Waals surface area contributed by atoms with Crippen molar-refractivity contribution in [2.24, 2.45) is 0 Å². The number of hydrogen-bond acceptors (Lipinski definition) is 2. The molecular weight excluding hydrogens is 1080 g/mol. The quantitative estimate of drug-likeness (QED) is 0.135. The predicted molar refractivity (Wildman–Crippen MR) is 383 cm³/mol. The highest BCUT2D eigenvalue weighted by atomic mass is 15.1. The van der Waals surface area contributed by atoms with Crippen molar-refractivity contribution in [3.63, 3.8) is 0 Å². The topological polar surface area (TPSA) is 6.48 Å². The molecule has 0 fully saturated rings. The van der Waals surface area contributed by atoms with Crippen LogP contribution in [0.25, 0.3) is 33.0 Å². The molecule has 444 valence electrons. The summed E-state index contributed by atoms with van der Waals surface area (Å²) < 4.78 is 0. The molecular formula is C88H82N2. The van der Waals surface area contributed by atoms with Gasteiger partial charge in [0.25, 0.3) is 0 Å². The number of nitrogens with zero attached hydrogens (tertiary/aromatic N) is 2. The lowest BCUT2D eigenvalue weighted by atomic mass is 9.58. The Kier molecular flexibility index (Phi) is 14.0. The van der Waals surface area contributed by atoms with E-state index in [2.05, 4.69) is 372 Å². The monoisotopic (exact) mass is 1170 g/mol. The highest BCUT2D eigenvalue weighted by Gasteiger charge is 2.51. The zero-order valence-corrected chi connectivity index (χ0v) is 54.5. The van der Waals surface area contributed by atoms with Crippen LogP contribution in [0.4, 0.5) is 34.1 Å². The molecule has 0 unspecified atom stereocenters. The van der Waals surface area contributed by atoms with Gasteiger partial charge in [0.15, 0.2) is 0 Å². The fourth-order valence-corrected chi connectivity index (χ4v) is 14.9. The van der Waals surface area contributed by atoms with Crippen LogP contribution in [-0.2, 0) is 32.5 Å². The van der Waals surface area contributed by atoms with Gasteiger partial charge in [0, 0.05) is 33.8 Å². The van der Waals surface area contributed by atoms with Crippen LogP contribution in [0, 0.1) is 0 Å². The summed E-state index contributed by atoms with van der Waals surface area (Å²) in [7, 11) is 0. The molecule has 2 nitrogen and oxygen atoms in total. The summed E-state index contributed by atoms with van der Waals surface area (Å²) in [6, 6.07) is 107. The Labute approximate surface area is 535 Å². The first-order valence-electron chi connectivity index (χ1n) is 32.3. The van der Waals surface area contributed by atoms with E-state index >= 15 is 0 Å². The third-order valence-corrected chi connectivity index (χ3v) is 19.7. The zero-order valence-electron chi connectivity index (χ0n) is 54.5. The van der Waals surface area contributed by atoms with Gasteiger partial charge in [-0.3, -0.25) is 0 Å². The molecule has 0 bridgehead atoms. The van der Waals surface area contributed by atoms with E-state index in [9.17, 15) is 0 Å². The molecule has 0 saturated carbocycles. The molecule has 90 heavy (non-hydrogen) atoms. The maximum atomic E-state index is 2.67. The van der Waals surface area contributed by atoms with Crippen molar-refractivity contribution < 1.29 is 0 Å². The van der Waals surface area contributed by atoms with Gasteiger partial charge in [0.1, 0.15) is 0 Å². The van der Waals surface area contributed by atoms with Crippen molar-refractivity contribution in [2.75, 3.05) is 9.80 Å². The van der Waals surface area contributed by atoms with Gasteiger partial charge in [0.2, 0.25) is 0 Å². The molecule has 0 heterocycles. The van der Waals surface area contributed by atoms with Crippen LogP contribution in [0.1, 0.15) is 150 Å². The molecule has 0 aromatic heterocycles. The minimum Gasteiger partial charge on any atom is -0.310 e. The minimum atomic E-state index is -0.794. The van der Waals surface area contributed by atoms with Crippen molar-refractivity contribution in [1.82, 2.24) is 0 Å². The molecule has 12 aromatic carbocycles. The molecule has 14 rings (SSSR count). The lowest BCUT2D eigenvalue weighted by Gasteiger charge is -2.44. The Balaban J connectivity index is 1.16. The van der Waals surface area contributed by atoms with E-state index in [-0.39, 0.29) is 21.7 Å². The third-order valence-electron chi connectivity index (χ3n) is 19.7. The third kappa shape index (κ3) is 9.52. The summed E-state index contributed by atoms with van der Waals surface area (Å²) in [6.07, 6.45) is 0. The van der Waals surface area contributed by atoms with Crippen molar-refractivity contribution in [1.29, 1.82) is 0 Å². The lowest BCUT2D eigenvalue weighted by Crippen LogP contribution is -2.35. The Morgan fingerprint density at radius 3 is 0.922 bits per heavy atom. The van der Waals surface area contributed by atoms with Crippen LogP contribution >= 0.6 is 0 Å².